The Hall–Kier alpha value is -2.16. The number of halogens is 1. The Morgan fingerprint density at radius 1 is 1.48 bits per heavy atom. The number of hydrogen-bond acceptors (Lipinski definition) is 5. The number of carbonyl (C=O) groups is 1. The largest absolute Gasteiger partial charge is 0.465 e. The summed E-state index contributed by atoms with van der Waals surface area (Å²) in [7, 11) is 0. The first kappa shape index (κ1) is 19.6. The monoisotopic (exact) mass is 395 g/mol. The summed E-state index contributed by atoms with van der Waals surface area (Å²) in [5.41, 5.74) is -1.68. The fourth-order valence-corrected chi connectivity index (χ4v) is 5.45. The minimum absolute atomic E-state index is 0.0124. The SMILES string of the molecule is CC(C)(C)N(C(=O)O)C1=NC2(c3cc([N+](=O)[O-])ccc3F)CCCC2CS1. The number of non-ortho nitro benzene ring substituents is 1. The molecule has 2 aliphatic rings. The summed E-state index contributed by atoms with van der Waals surface area (Å²) >= 11 is 1.35. The zero-order chi connectivity index (χ0) is 20.0. The molecule has 0 saturated heterocycles. The summed E-state index contributed by atoms with van der Waals surface area (Å²) in [6.07, 6.45) is 1.05. The number of carboxylic acid groups (broad SMARTS) is 1. The normalized spacial score (nSPS) is 24.9. The molecule has 1 saturated carbocycles. The molecular weight excluding hydrogens is 373 g/mol. The second kappa shape index (κ2) is 6.78. The lowest BCUT2D eigenvalue weighted by Crippen LogP contribution is -2.50. The van der Waals surface area contributed by atoms with Gasteiger partial charge in [-0.1, -0.05) is 18.2 Å². The van der Waals surface area contributed by atoms with Crippen LogP contribution in [0.1, 0.15) is 45.6 Å². The van der Waals surface area contributed by atoms with Crippen LogP contribution < -0.4 is 0 Å². The van der Waals surface area contributed by atoms with Crippen molar-refractivity contribution in [2.24, 2.45) is 10.9 Å². The number of amidine groups is 1. The molecule has 1 N–H and O–H groups in total. The van der Waals surface area contributed by atoms with Crippen molar-refractivity contribution in [2.75, 3.05) is 5.75 Å². The van der Waals surface area contributed by atoms with Crippen molar-refractivity contribution in [2.45, 2.75) is 51.1 Å². The van der Waals surface area contributed by atoms with Gasteiger partial charge in [0.2, 0.25) is 0 Å². The Morgan fingerprint density at radius 2 is 2.19 bits per heavy atom. The Bertz CT molecular complexity index is 823. The number of aliphatic imine (C=N–C) groups is 1. The average molecular weight is 395 g/mol. The van der Waals surface area contributed by atoms with Gasteiger partial charge >= 0.3 is 6.09 Å². The number of nitrogens with zero attached hydrogens (tertiary/aromatic N) is 3. The van der Waals surface area contributed by atoms with E-state index in [2.05, 4.69) is 0 Å². The average Bonchev–Trinajstić information content (AvgIpc) is 2.97. The molecule has 3 rings (SSSR count). The summed E-state index contributed by atoms with van der Waals surface area (Å²) in [6, 6.07) is 3.50. The second-order valence-electron chi connectivity index (χ2n) is 7.93. The molecule has 0 spiro atoms. The smallest absolute Gasteiger partial charge is 0.413 e. The van der Waals surface area contributed by atoms with Crippen molar-refractivity contribution in [1.29, 1.82) is 0 Å². The summed E-state index contributed by atoms with van der Waals surface area (Å²) in [5, 5.41) is 21.2. The zero-order valence-corrected chi connectivity index (χ0v) is 16.3. The fraction of sp³-hybridized carbons (Fsp3) is 0.556. The molecule has 1 aliphatic heterocycles. The van der Waals surface area contributed by atoms with Crippen molar-refractivity contribution >= 4 is 28.7 Å². The van der Waals surface area contributed by atoms with E-state index >= 15 is 0 Å². The minimum atomic E-state index is -1.13. The Balaban J connectivity index is 2.18. The predicted molar refractivity (Wildman–Crippen MR) is 102 cm³/mol. The van der Waals surface area contributed by atoms with Crippen LogP contribution in [0.2, 0.25) is 0 Å². The number of nitro groups is 1. The lowest BCUT2D eigenvalue weighted by Gasteiger charge is -2.41. The maximum Gasteiger partial charge on any atom is 0.413 e. The second-order valence-corrected chi connectivity index (χ2v) is 8.92. The quantitative estimate of drug-likeness (QED) is 0.583. The standard InChI is InChI=1S/C18H22FN3O4S/c1-17(2,3)21(16(23)24)15-20-18(8-4-5-11(18)10-27-15)13-9-12(22(25)26)6-7-14(13)19/h6-7,9,11H,4-5,8,10H2,1-3H3,(H,23,24). The Kier molecular flexibility index (Phi) is 4.92. The van der Waals surface area contributed by atoms with Gasteiger partial charge in [0.15, 0.2) is 5.17 Å². The van der Waals surface area contributed by atoms with Gasteiger partial charge in [-0.05, 0) is 45.6 Å². The summed E-state index contributed by atoms with van der Waals surface area (Å²) in [4.78, 5) is 28.4. The van der Waals surface area contributed by atoms with Crippen LogP contribution in [-0.4, -0.2) is 37.5 Å². The van der Waals surface area contributed by atoms with Crippen LogP contribution in [0, 0.1) is 21.8 Å². The van der Waals surface area contributed by atoms with Crippen molar-refractivity contribution < 1.29 is 19.2 Å². The van der Waals surface area contributed by atoms with E-state index in [9.17, 15) is 24.4 Å². The van der Waals surface area contributed by atoms with Crippen LogP contribution in [0.4, 0.5) is 14.9 Å². The number of rotatable bonds is 2. The van der Waals surface area contributed by atoms with E-state index in [1.54, 1.807) is 20.8 Å². The highest BCUT2D eigenvalue weighted by Crippen LogP contribution is 2.52. The van der Waals surface area contributed by atoms with Gasteiger partial charge in [-0.3, -0.25) is 20.0 Å². The van der Waals surface area contributed by atoms with Crippen LogP contribution in [0.3, 0.4) is 0 Å². The molecule has 1 heterocycles. The van der Waals surface area contributed by atoms with Gasteiger partial charge in [-0.15, -0.1) is 0 Å². The lowest BCUT2D eigenvalue weighted by molar-refractivity contribution is -0.385. The van der Waals surface area contributed by atoms with Gasteiger partial charge in [0.05, 0.1) is 10.5 Å². The summed E-state index contributed by atoms with van der Waals surface area (Å²) < 4.78 is 14.7. The first-order valence-corrected chi connectivity index (χ1v) is 9.75. The van der Waals surface area contributed by atoms with Crippen LogP contribution in [0.5, 0.6) is 0 Å². The molecular formula is C18H22FN3O4S. The van der Waals surface area contributed by atoms with E-state index in [0.717, 1.165) is 25.0 Å². The molecule has 27 heavy (non-hydrogen) atoms. The number of benzene rings is 1. The summed E-state index contributed by atoms with van der Waals surface area (Å²) in [5.74, 6) is 0.0689. The van der Waals surface area contributed by atoms with Crippen LogP contribution in [0.15, 0.2) is 23.2 Å². The molecule has 2 atom stereocenters. The minimum Gasteiger partial charge on any atom is -0.465 e. The predicted octanol–water partition coefficient (Wildman–Crippen LogP) is 4.61. The maximum atomic E-state index is 14.7. The van der Waals surface area contributed by atoms with Crippen LogP contribution in [-0.2, 0) is 5.54 Å². The highest BCUT2D eigenvalue weighted by molar-refractivity contribution is 8.13. The first-order valence-electron chi connectivity index (χ1n) is 8.76. The van der Waals surface area contributed by atoms with Crippen LogP contribution >= 0.6 is 11.8 Å². The Morgan fingerprint density at radius 3 is 2.78 bits per heavy atom. The molecule has 7 nitrogen and oxygen atoms in total. The van der Waals surface area contributed by atoms with Gasteiger partial charge in [0.1, 0.15) is 5.82 Å². The van der Waals surface area contributed by atoms with E-state index in [1.165, 1.54) is 22.7 Å². The number of amides is 1. The highest BCUT2D eigenvalue weighted by atomic mass is 32.2. The lowest BCUT2D eigenvalue weighted by atomic mass is 9.81. The first-order chi connectivity index (χ1) is 12.6. The van der Waals surface area contributed by atoms with E-state index in [0.29, 0.717) is 17.3 Å². The molecule has 1 aromatic carbocycles. The van der Waals surface area contributed by atoms with Gasteiger partial charge in [0.25, 0.3) is 5.69 Å². The number of fused-ring (bicyclic) bond motifs is 1. The van der Waals surface area contributed by atoms with E-state index < -0.39 is 27.9 Å². The molecule has 1 aliphatic carbocycles. The van der Waals surface area contributed by atoms with Crippen molar-refractivity contribution in [3.63, 3.8) is 0 Å². The number of hydrogen-bond donors (Lipinski definition) is 1. The van der Waals surface area contributed by atoms with E-state index in [-0.39, 0.29) is 17.2 Å². The highest BCUT2D eigenvalue weighted by Gasteiger charge is 2.50. The fourth-order valence-electron chi connectivity index (χ4n) is 3.95. The zero-order valence-electron chi connectivity index (χ0n) is 15.4. The molecule has 2 unspecified atom stereocenters. The van der Waals surface area contributed by atoms with Gasteiger partial charge in [-0.25, -0.2) is 9.18 Å². The van der Waals surface area contributed by atoms with Gasteiger partial charge < -0.3 is 5.11 Å². The van der Waals surface area contributed by atoms with Gasteiger partial charge in [-0.2, -0.15) is 0 Å². The topological polar surface area (TPSA) is 96.0 Å². The summed E-state index contributed by atoms with van der Waals surface area (Å²) in [6.45, 7) is 5.31. The molecule has 0 radical (unpaired) electrons. The maximum absolute atomic E-state index is 14.7. The molecule has 0 bridgehead atoms. The van der Waals surface area contributed by atoms with Crippen LogP contribution in [0.25, 0.3) is 0 Å². The third-order valence-corrected chi connectivity index (χ3v) is 6.28. The molecule has 1 fully saturated rings. The third-order valence-electron chi connectivity index (χ3n) is 5.18. The number of nitro benzene ring substituents is 1. The molecule has 9 heteroatoms. The van der Waals surface area contributed by atoms with E-state index in [4.69, 9.17) is 4.99 Å². The molecule has 1 aromatic rings. The van der Waals surface area contributed by atoms with Crippen molar-refractivity contribution in [1.82, 2.24) is 4.90 Å². The van der Waals surface area contributed by atoms with Gasteiger partial charge in [0, 0.05) is 29.0 Å². The Labute approximate surface area is 160 Å². The van der Waals surface area contributed by atoms with Crippen molar-refractivity contribution in [3.8, 4) is 0 Å². The van der Waals surface area contributed by atoms with Crippen molar-refractivity contribution in [3.05, 3.63) is 39.7 Å². The van der Waals surface area contributed by atoms with E-state index in [1.807, 2.05) is 0 Å². The number of thioether (sulfide) groups is 1. The molecule has 0 aromatic heterocycles. The molecule has 146 valence electrons. The third kappa shape index (κ3) is 3.40. The molecule has 1 amide bonds.